The molecule has 0 saturated carbocycles. The molecule has 1 saturated heterocycles. The fourth-order valence-electron chi connectivity index (χ4n) is 2.11. The lowest BCUT2D eigenvalue weighted by Gasteiger charge is -2.17. The fourth-order valence-corrected chi connectivity index (χ4v) is 2.63. The van der Waals surface area contributed by atoms with Crippen molar-refractivity contribution in [3.05, 3.63) is 33.8 Å². The monoisotopic (exact) mass is 259 g/mol. The molecule has 0 amide bonds. The summed E-state index contributed by atoms with van der Waals surface area (Å²) in [4.78, 5) is 2.29. The Bertz CT molecular complexity index is 350. The first-order valence-electron chi connectivity index (χ1n) is 5.47. The summed E-state index contributed by atoms with van der Waals surface area (Å²) in [5.41, 5.74) is 0.990. The third-order valence-electron chi connectivity index (χ3n) is 3.07. The smallest absolute Gasteiger partial charge is 0.0471 e. The van der Waals surface area contributed by atoms with Crippen LogP contribution < -0.4 is 0 Å². The maximum atomic E-state index is 9.08. The largest absolute Gasteiger partial charge is 0.396 e. The molecule has 0 aromatic heterocycles. The maximum Gasteiger partial charge on any atom is 0.0471 e. The normalized spacial score (nSPS) is 21.6. The SMILES string of the molecule is OCC1CCN(Cc2c(Cl)cccc2Cl)C1. The molecule has 1 unspecified atom stereocenters. The topological polar surface area (TPSA) is 23.5 Å². The van der Waals surface area contributed by atoms with Crippen LogP contribution in [0.4, 0.5) is 0 Å². The molecule has 4 heteroatoms. The standard InChI is InChI=1S/C12H15Cl2NO/c13-11-2-1-3-12(14)10(11)7-15-5-4-9(6-15)8-16/h1-3,9,16H,4-8H2. The van der Waals surface area contributed by atoms with Gasteiger partial charge in [0.25, 0.3) is 0 Å². The number of halogens is 2. The molecule has 0 spiro atoms. The van der Waals surface area contributed by atoms with Crippen LogP contribution in [0.1, 0.15) is 12.0 Å². The molecule has 2 rings (SSSR count). The van der Waals surface area contributed by atoms with Gasteiger partial charge in [-0.25, -0.2) is 0 Å². The minimum Gasteiger partial charge on any atom is -0.396 e. The molecule has 1 atom stereocenters. The zero-order chi connectivity index (χ0) is 11.5. The molecule has 1 aromatic carbocycles. The second-order valence-electron chi connectivity index (χ2n) is 4.27. The average Bonchev–Trinajstić information content (AvgIpc) is 2.71. The van der Waals surface area contributed by atoms with Gasteiger partial charge in [0, 0.05) is 35.3 Å². The number of aliphatic hydroxyl groups is 1. The van der Waals surface area contributed by atoms with Crippen molar-refractivity contribution >= 4 is 23.2 Å². The molecule has 0 aliphatic carbocycles. The predicted octanol–water partition coefficient (Wildman–Crippen LogP) is 2.81. The van der Waals surface area contributed by atoms with Crippen LogP contribution >= 0.6 is 23.2 Å². The van der Waals surface area contributed by atoms with Crippen molar-refractivity contribution in [2.45, 2.75) is 13.0 Å². The number of aliphatic hydroxyl groups excluding tert-OH is 1. The summed E-state index contributed by atoms with van der Waals surface area (Å²) < 4.78 is 0. The second-order valence-corrected chi connectivity index (χ2v) is 5.09. The Kier molecular flexibility index (Phi) is 4.09. The lowest BCUT2D eigenvalue weighted by Crippen LogP contribution is -2.21. The number of benzene rings is 1. The highest BCUT2D eigenvalue weighted by Gasteiger charge is 2.22. The summed E-state index contributed by atoms with van der Waals surface area (Å²) in [6.07, 6.45) is 1.05. The minimum atomic E-state index is 0.271. The zero-order valence-electron chi connectivity index (χ0n) is 9.00. The van der Waals surface area contributed by atoms with Crippen LogP contribution in [0.2, 0.25) is 10.0 Å². The Morgan fingerprint density at radius 1 is 1.31 bits per heavy atom. The third kappa shape index (κ3) is 2.69. The summed E-state index contributed by atoms with van der Waals surface area (Å²) in [6.45, 7) is 2.98. The van der Waals surface area contributed by atoms with Gasteiger partial charge in [0.2, 0.25) is 0 Å². The van der Waals surface area contributed by atoms with E-state index in [1.165, 1.54) is 0 Å². The molecule has 88 valence electrons. The summed E-state index contributed by atoms with van der Waals surface area (Å²) in [5, 5.41) is 10.5. The Balaban J connectivity index is 2.04. The van der Waals surface area contributed by atoms with Crippen LogP contribution in [0.3, 0.4) is 0 Å². The lowest BCUT2D eigenvalue weighted by molar-refractivity contribution is 0.220. The van der Waals surface area contributed by atoms with E-state index in [2.05, 4.69) is 4.90 Å². The van der Waals surface area contributed by atoms with Gasteiger partial charge in [0.05, 0.1) is 0 Å². The number of likely N-dealkylation sites (tertiary alicyclic amines) is 1. The van der Waals surface area contributed by atoms with Gasteiger partial charge in [-0.05, 0) is 31.0 Å². The van der Waals surface area contributed by atoms with Gasteiger partial charge >= 0.3 is 0 Å². The predicted molar refractivity (Wildman–Crippen MR) is 66.9 cm³/mol. The molecular formula is C12H15Cl2NO. The van der Waals surface area contributed by atoms with Crippen LogP contribution in [0.5, 0.6) is 0 Å². The van der Waals surface area contributed by atoms with E-state index >= 15 is 0 Å². The third-order valence-corrected chi connectivity index (χ3v) is 3.78. The summed E-state index contributed by atoms with van der Waals surface area (Å²) in [5.74, 6) is 0.404. The molecule has 1 N–H and O–H groups in total. The van der Waals surface area contributed by atoms with Gasteiger partial charge < -0.3 is 5.11 Å². The summed E-state index contributed by atoms with van der Waals surface area (Å²) in [6, 6.07) is 5.58. The summed E-state index contributed by atoms with van der Waals surface area (Å²) in [7, 11) is 0. The molecular weight excluding hydrogens is 245 g/mol. The number of rotatable bonds is 3. The van der Waals surface area contributed by atoms with Crippen molar-refractivity contribution in [2.24, 2.45) is 5.92 Å². The van der Waals surface area contributed by atoms with Gasteiger partial charge in [0.1, 0.15) is 0 Å². The van der Waals surface area contributed by atoms with Gasteiger partial charge in [0.15, 0.2) is 0 Å². The van der Waals surface area contributed by atoms with E-state index in [-0.39, 0.29) is 6.61 Å². The van der Waals surface area contributed by atoms with E-state index in [0.29, 0.717) is 5.92 Å². The Morgan fingerprint density at radius 2 is 2.00 bits per heavy atom. The minimum absolute atomic E-state index is 0.271. The van der Waals surface area contributed by atoms with Gasteiger partial charge in [-0.1, -0.05) is 29.3 Å². The number of nitrogens with zero attached hydrogens (tertiary/aromatic N) is 1. The summed E-state index contributed by atoms with van der Waals surface area (Å²) >= 11 is 12.2. The Hall–Kier alpha value is -0.280. The molecule has 0 radical (unpaired) electrons. The first-order valence-corrected chi connectivity index (χ1v) is 6.22. The van der Waals surface area contributed by atoms with Gasteiger partial charge in [-0.3, -0.25) is 4.90 Å². The first-order chi connectivity index (χ1) is 7.70. The quantitative estimate of drug-likeness (QED) is 0.903. The first kappa shape index (κ1) is 12.2. The van der Waals surface area contributed by atoms with Crippen LogP contribution in [0.25, 0.3) is 0 Å². The molecule has 1 fully saturated rings. The van der Waals surface area contributed by atoms with E-state index in [1.54, 1.807) is 0 Å². The average molecular weight is 260 g/mol. The van der Waals surface area contributed by atoms with Gasteiger partial charge in [-0.2, -0.15) is 0 Å². The lowest BCUT2D eigenvalue weighted by atomic mass is 10.1. The second kappa shape index (κ2) is 5.37. The van der Waals surface area contributed by atoms with Crippen molar-refractivity contribution in [1.82, 2.24) is 4.90 Å². The molecule has 0 bridgehead atoms. The van der Waals surface area contributed by atoms with Crippen LogP contribution in [0, 0.1) is 5.92 Å². The van der Waals surface area contributed by atoms with E-state index < -0.39 is 0 Å². The molecule has 1 aliphatic heterocycles. The van der Waals surface area contributed by atoms with E-state index in [0.717, 1.165) is 41.7 Å². The Morgan fingerprint density at radius 3 is 2.56 bits per heavy atom. The maximum absolute atomic E-state index is 9.08. The molecule has 1 heterocycles. The molecule has 1 aliphatic rings. The van der Waals surface area contributed by atoms with Crippen molar-refractivity contribution in [3.8, 4) is 0 Å². The number of hydrogen-bond donors (Lipinski definition) is 1. The van der Waals surface area contributed by atoms with Crippen LogP contribution in [0.15, 0.2) is 18.2 Å². The van der Waals surface area contributed by atoms with E-state index in [4.69, 9.17) is 28.3 Å². The Labute approximate surface area is 106 Å². The van der Waals surface area contributed by atoms with Crippen molar-refractivity contribution < 1.29 is 5.11 Å². The van der Waals surface area contributed by atoms with Gasteiger partial charge in [-0.15, -0.1) is 0 Å². The van der Waals surface area contributed by atoms with Crippen LogP contribution in [-0.2, 0) is 6.54 Å². The molecule has 16 heavy (non-hydrogen) atoms. The number of hydrogen-bond acceptors (Lipinski definition) is 2. The molecule has 2 nitrogen and oxygen atoms in total. The van der Waals surface area contributed by atoms with E-state index in [1.807, 2.05) is 18.2 Å². The van der Waals surface area contributed by atoms with Crippen molar-refractivity contribution in [3.63, 3.8) is 0 Å². The highest BCUT2D eigenvalue weighted by Crippen LogP contribution is 2.27. The van der Waals surface area contributed by atoms with Crippen LogP contribution in [-0.4, -0.2) is 29.7 Å². The zero-order valence-corrected chi connectivity index (χ0v) is 10.5. The molecule has 1 aromatic rings. The highest BCUT2D eigenvalue weighted by molar-refractivity contribution is 6.35. The van der Waals surface area contributed by atoms with Crippen molar-refractivity contribution in [2.75, 3.05) is 19.7 Å². The highest BCUT2D eigenvalue weighted by atomic mass is 35.5. The van der Waals surface area contributed by atoms with Crippen molar-refractivity contribution in [1.29, 1.82) is 0 Å². The fraction of sp³-hybridized carbons (Fsp3) is 0.500. The van der Waals surface area contributed by atoms with E-state index in [9.17, 15) is 0 Å².